The number of halogens is 3. The van der Waals surface area contributed by atoms with Crippen LogP contribution in [0.4, 0.5) is 8.78 Å². The molecule has 2 N–H and O–H groups in total. The summed E-state index contributed by atoms with van der Waals surface area (Å²) in [6.07, 6.45) is 0. The third kappa shape index (κ3) is 3.27. The number of pyridine rings is 1. The number of hydrogen-bond donors (Lipinski definition) is 1. The molecular weight excluding hydrogens is 318 g/mol. The van der Waals surface area contributed by atoms with Gasteiger partial charge in [-0.3, -0.25) is 0 Å². The van der Waals surface area contributed by atoms with Crippen LogP contribution in [0.2, 0.25) is 0 Å². The zero-order valence-corrected chi connectivity index (χ0v) is 11.7. The van der Waals surface area contributed by atoms with Gasteiger partial charge in [-0.25, -0.2) is 9.37 Å². The number of nitrogens with zero attached hydrogens (tertiary/aromatic N) is 1. The summed E-state index contributed by atoms with van der Waals surface area (Å²) in [4.78, 5) is 4.10. The third-order valence-corrected chi connectivity index (χ3v) is 2.86. The van der Waals surface area contributed by atoms with Gasteiger partial charge in [-0.05, 0) is 30.7 Å². The highest BCUT2D eigenvalue weighted by Crippen LogP contribution is 2.29. The van der Waals surface area contributed by atoms with Crippen LogP contribution in [0.25, 0.3) is 0 Å². The first-order valence-electron chi connectivity index (χ1n) is 5.49. The van der Waals surface area contributed by atoms with Crippen LogP contribution in [-0.4, -0.2) is 4.98 Å². The highest BCUT2D eigenvalue weighted by Gasteiger charge is 2.13. The van der Waals surface area contributed by atoms with Crippen LogP contribution < -0.4 is 10.5 Å². The lowest BCUT2D eigenvalue weighted by molar-refractivity contribution is 0.404. The molecule has 0 radical (unpaired) electrons. The van der Waals surface area contributed by atoms with Crippen molar-refractivity contribution >= 4 is 15.9 Å². The first kappa shape index (κ1) is 13.9. The standard InChI is InChI=1S/C13H11BrF2N2O/c1-7-2-8(6-17)3-12(18-7)19-11-5-9(14)4-10(15)13(11)16/h2-5H,6,17H2,1H3. The largest absolute Gasteiger partial charge is 0.436 e. The lowest BCUT2D eigenvalue weighted by Gasteiger charge is -2.09. The van der Waals surface area contributed by atoms with E-state index in [1.165, 1.54) is 6.07 Å². The Bertz CT molecular complexity index is 620. The summed E-state index contributed by atoms with van der Waals surface area (Å²) in [6, 6.07) is 5.75. The quantitative estimate of drug-likeness (QED) is 0.874. The molecule has 0 fully saturated rings. The fourth-order valence-electron chi connectivity index (χ4n) is 1.60. The van der Waals surface area contributed by atoms with E-state index in [9.17, 15) is 8.78 Å². The smallest absolute Gasteiger partial charge is 0.219 e. The van der Waals surface area contributed by atoms with Crippen LogP contribution in [0.15, 0.2) is 28.7 Å². The molecule has 0 bridgehead atoms. The van der Waals surface area contributed by atoms with E-state index in [1.54, 1.807) is 19.1 Å². The lowest BCUT2D eigenvalue weighted by Crippen LogP contribution is -2.00. The number of rotatable bonds is 3. The van der Waals surface area contributed by atoms with Crippen LogP contribution in [0.3, 0.4) is 0 Å². The SMILES string of the molecule is Cc1cc(CN)cc(Oc2cc(Br)cc(F)c2F)n1. The Labute approximate surface area is 117 Å². The molecule has 1 aromatic heterocycles. The van der Waals surface area contributed by atoms with Gasteiger partial charge in [0.2, 0.25) is 11.7 Å². The molecule has 0 aliphatic heterocycles. The van der Waals surface area contributed by atoms with Crippen molar-refractivity contribution in [2.24, 2.45) is 5.73 Å². The zero-order valence-electron chi connectivity index (χ0n) is 10.1. The zero-order chi connectivity index (χ0) is 14.0. The molecule has 1 aromatic carbocycles. The van der Waals surface area contributed by atoms with Gasteiger partial charge in [-0.2, -0.15) is 4.39 Å². The molecule has 0 amide bonds. The van der Waals surface area contributed by atoms with Gasteiger partial charge >= 0.3 is 0 Å². The molecule has 3 nitrogen and oxygen atoms in total. The van der Waals surface area contributed by atoms with Crippen molar-refractivity contribution in [2.75, 3.05) is 0 Å². The molecule has 19 heavy (non-hydrogen) atoms. The second-order valence-electron chi connectivity index (χ2n) is 3.96. The van der Waals surface area contributed by atoms with Gasteiger partial charge in [-0.15, -0.1) is 0 Å². The maximum absolute atomic E-state index is 13.6. The Morgan fingerprint density at radius 2 is 2.00 bits per heavy atom. The van der Waals surface area contributed by atoms with E-state index in [2.05, 4.69) is 20.9 Å². The minimum absolute atomic E-state index is 0.178. The molecule has 2 rings (SSSR count). The average molecular weight is 329 g/mol. The van der Waals surface area contributed by atoms with Crippen molar-refractivity contribution in [3.8, 4) is 11.6 Å². The first-order valence-corrected chi connectivity index (χ1v) is 6.29. The summed E-state index contributed by atoms with van der Waals surface area (Å²) in [5.74, 6) is -2.10. The average Bonchev–Trinajstić information content (AvgIpc) is 2.34. The Morgan fingerprint density at radius 1 is 1.26 bits per heavy atom. The summed E-state index contributed by atoms with van der Waals surface area (Å²) >= 11 is 3.08. The lowest BCUT2D eigenvalue weighted by atomic mass is 10.2. The highest BCUT2D eigenvalue weighted by molar-refractivity contribution is 9.10. The molecule has 0 unspecified atom stereocenters. The van der Waals surface area contributed by atoms with Crippen molar-refractivity contribution < 1.29 is 13.5 Å². The van der Waals surface area contributed by atoms with Gasteiger partial charge in [0.25, 0.3) is 0 Å². The summed E-state index contributed by atoms with van der Waals surface area (Å²) < 4.78 is 32.5. The predicted molar refractivity (Wildman–Crippen MR) is 71.0 cm³/mol. The van der Waals surface area contributed by atoms with Crippen molar-refractivity contribution in [1.29, 1.82) is 0 Å². The van der Waals surface area contributed by atoms with Gasteiger partial charge in [-0.1, -0.05) is 15.9 Å². The van der Waals surface area contributed by atoms with Gasteiger partial charge in [0.1, 0.15) is 0 Å². The molecule has 0 aliphatic rings. The number of nitrogens with two attached hydrogens (primary N) is 1. The fraction of sp³-hybridized carbons (Fsp3) is 0.154. The van der Waals surface area contributed by atoms with Crippen LogP contribution in [0, 0.1) is 18.6 Å². The van der Waals surface area contributed by atoms with Crippen LogP contribution >= 0.6 is 15.9 Å². The van der Waals surface area contributed by atoms with E-state index in [-0.39, 0.29) is 11.6 Å². The van der Waals surface area contributed by atoms with Crippen molar-refractivity contribution in [1.82, 2.24) is 4.98 Å². The van der Waals surface area contributed by atoms with Crippen LogP contribution in [0.5, 0.6) is 11.6 Å². The minimum atomic E-state index is -1.05. The van der Waals surface area contributed by atoms with Crippen molar-refractivity contribution in [3.63, 3.8) is 0 Å². The molecule has 0 spiro atoms. The Kier molecular flexibility index (Phi) is 4.11. The van der Waals surface area contributed by atoms with Gasteiger partial charge in [0.15, 0.2) is 11.6 Å². The van der Waals surface area contributed by atoms with Crippen LogP contribution in [0.1, 0.15) is 11.3 Å². The highest BCUT2D eigenvalue weighted by atomic mass is 79.9. The monoisotopic (exact) mass is 328 g/mol. The molecule has 2 aromatic rings. The Hall–Kier alpha value is -1.53. The van der Waals surface area contributed by atoms with E-state index in [0.29, 0.717) is 16.7 Å². The summed E-state index contributed by atoms with van der Waals surface area (Å²) in [6.45, 7) is 2.08. The maximum atomic E-state index is 13.6. The van der Waals surface area contributed by atoms with E-state index >= 15 is 0 Å². The predicted octanol–water partition coefficient (Wildman–Crippen LogP) is 3.68. The number of ether oxygens (including phenoxy) is 1. The molecule has 1 heterocycles. The molecule has 6 heteroatoms. The molecule has 0 atom stereocenters. The normalized spacial score (nSPS) is 10.6. The van der Waals surface area contributed by atoms with Crippen LogP contribution in [-0.2, 0) is 6.54 Å². The maximum Gasteiger partial charge on any atom is 0.219 e. The summed E-state index contributed by atoms with van der Waals surface area (Å²) in [5.41, 5.74) is 7.03. The molecular formula is C13H11BrF2N2O. The molecule has 0 saturated carbocycles. The van der Waals surface area contributed by atoms with Crippen molar-refractivity contribution in [2.45, 2.75) is 13.5 Å². The van der Waals surface area contributed by atoms with E-state index < -0.39 is 11.6 Å². The first-order chi connectivity index (χ1) is 8.99. The Morgan fingerprint density at radius 3 is 2.68 bits per heavy atom. The van der Waals surface area contributed by atoms with Gasteiger partial charge in [0, 0.05) is 22.8 Å². The number of aromatic nitrogens is 1. The summed E-state index contributed by atoms with van der Waals surface area (Å²) in [7, 11) is 0. The van der Waals surface area contributed by atoms with Gasteiger partial charge in [0.05, 0.1) is 0 Å². The molecule has 0 aliphatic carbocycles. The second-order valence-corrected chi connectivity index (χ2v) is 4.88. The third-order valence-electron chi connectivity index (χ3n) is 2.40. The number of benzene rings is 1. The number of hydrogen-bond acceptors (Lipinski definition) is 3. The molecule has 0 saturated heterocycles. The minimum Gasteiger partial charge on any atom is -0.436 e. The molecule has 100 valence electrons. The summed E-state index contributed by atoms with van der Waals surface area (Å²) in [5, 5.41) is 0. The van der Waals surface area contributed by atoms with E-state index in [0.717, 1.165) is 11.6 Å². The van der Waals surface area contributed by atoms with E-state index in [1.807, 2.05) is 0 Å². The topological polar surface area (TPSA) is 48.1 Å². The van der Waals surface area contributed by atoms with E-state index in [4.69, 9.17) is 10.5 Å². The van der Waals surface area contributed by atoms with Gasteiger partial charge < -0.3 is 10.5 Å². The second kappa shape index (κ2) is 5.63. The van der Waals surface area contributed by atoms with Crippen molar-refractivity contribution in [3.05, 3.63) is 51.6 Å². The fourth-order valence-corrected chi connectivity index (χ4v) is 2.01. The number of aryl methyl sites for hydroxylation is 1. The Balaban J connectivity index is 2.38.